The van der Waals surface area contributed by atoms with Crippen molar-refractivity contribution in [2.45, 2.75) is 55.3 Å². The molecule has 4 atom stereocenters. The molecule has 0 unspecified atom stereocenters. The molecule has 4 aliphatic rings. The third-order valence-corrected chi connectivity index (χ3v) is 6.31. The monoisotopic (exact) mass is 301 g/mol. The molecule has 0 radical (unpaired) electrons. The van der Waals surface area contributed by atoms with Gasteiger partial charge in [-0.2, -0.15) is 0 Å². The normalized spacial score (nSPS) is 41.6. The first-order chi connectivity index (χ1) is 10.6. The summed E-state index contributed by atoms with van der Waals surface area (Å²) in [5.74, 6) is 0.554. The van der Waals surface area contributed by atoms with Crippen LogP contribution in [-0.4, -0.2) is 40.3 Å². The summed E-state index contributed by atoms with van der Waals surface area (Å²) in [4.78, 5) is 12.5. The van der Waals surface area contributed by atoms with Crippen molar-refractivity contribution in [1.29, 1.82) is 0 Å². The molecular formula is C17H19NO4. The summed E-state index contributed by atoms with van der Waals surface area (Å²) in [6.07, 6.45) is 2.47. The van der Waals surface area contributed by atoms with Crippen LogP contribution in [0.5, 0.6) is 11.5 Å². The molecule has 2 aliphatic heterocycles. The van der Waals surface area contributed by atoms with Crippen LogP contribution in [0.15, 0.2) is 12.1 Å². The number of hydrogen-bond acceptors (Lipinski definition) is 5. The Kier molecular flexibility index (Phi) is 2.25. The summed E-state index contributed by atoms with van der Waals surface area (Å²) in [6, 6.07) is 3.50. The Morgan fingerprint density at radius 2 is 2.18 bits per heavy atom. The number of aromatic hydroxyl groups is 1. The minimum atomic E-state index is -0.978. The Morgan fingerprint density at radius 3 is 3.05 bits per heavy atom. The minimum Gasteiger partial charge on any atom is -0.504 e. The Labute approximate surface area is 128 Å². The van der Waals surface area contributed by atoms with Crippen LogP contribution in [0, 0.1) is 0 Å². The Balaban J connectivity index is 1.88. The zero-order valence-electron chi connectivity index (χ0n) is 12.3. The average Bonchev–Trinajstić information content (AvgIpc) is 2.83. The van der Waals surface area contributed by atoms with E-state index < -0.39 is 17.1 Å². The smallest absolute Gasteiger partial charge is 0.174 e. The first-order valence-corrected chi connectivity index (χ1v) is 8.08. The van der Waals surface area contributed by atoms with E-state index in [9.17, 15) is 15.0 Å². The molecule has 1 saturated heterocycles. The number of aliphatic hydroxyl groups is 1. The predicted molar refractivity (Wildman–Crippen MR) is 78.1 cm³/mol. The number of rotatable bonds is 0. The summed E-state index contributed by atoms with van der Waals surface area (Å²) >= 11 is 0. The van der Waals surface area contributed by atoms with Crippen molar-refractivity contribution in [1.82, 2.24) is 5.32 Å². The van der Waals surface area contributed by atoms with Crippen molar-refractivity contribution in [3.63, 3.8) is 0 Å². The van der Waals surface area contributed by atoms with Gasteiger partial charge in [0.15, 0.2) is 23.4 Å². The molecule has 5 heteroatoms. The van der Waals surface area contributed by atoms with Gasteiger partial charge in [-0.1, -0.05) is 6.07 Å². The van der Waals surface area contributed by atoms with Crippen LogP contribution < -0.4 is 10.1 Å². The lowest BCUT2D eigenvalue weighted by Crippen LogP contribution is -2.71. The number of ether oxygens (including phenoxy) is 1. The van der Waals surface area contributed by atoms with Crippen LogP contribution >= 0.6 is 0 Å². The summed E-state index contributed by atoms with van der Waals surface area (Å²) < 4.78 is 5.96. The third kappa shape index (κ3) is 1.19. The maximum absolute atomic E-state index is 12.5. The van der Waals surface area contributed by atoms with Crippen LogP contribution in [0.25, 0.3) is 0 Å². The lowest BCUT2D eigenvalue weighted by atomic mass is 9.51. The lowest BCUT2D eigenvalue weighted by molar-refractivity contribution is -0.157. The first kappa shape index (κ1) is 12.9. The molecule has 2 fully saturated rings. The Morgan fingerprint density at radius 1 is 1.32 bits per heavy atom. The average molecular weight is 301 g/mol. The van der Waals surface area contributed by atoms with E-state index in [0.717, 1.165) is 24.1 Å². The van der Waals surface area contributed by atoms with E-state index in [2.05, 4.69) is 5.32 Å². The van der Waals surface area contributed by atoms with Crippen LogP contribution in [0.1, 0.15) is 36.8 Å². The molecule has 116 valence electrons. The molecule has 22 heavy (non-hydrogen) atoms. The molecule has 1 spiro atoms. The van der Waals surface area contributed by atoms with Gasteiger partial charge in [-0.05, 0) is 43.9 Å². The number of benzene rings is 1. The van der Waals surface area contributed by atoms with Gasteiger partial charge in [0.2, 0.25) is 0 Å². The van der Waals surface area contributed by atoms with Crippen molar-refractivity contribution < 1.29 is 19.7 Å². The molecule has 5 nitrogen and oxygen atoms in total. The van der Waals surface area contributed by atoms with Crippen molar-refractivity contribution in [3.8, 4) is 11.5 Å². The number of carbonyl (C=O) groups is 1. The molecular weight excluding hydrogens is 282 g/mol. The maximum atomic E-state index is 12.5. The number of nitrogens with one attached hydrogen (secondary N) is 1. The fourth-order valence-electron chi connectivity index (χ4n) is 5.42. The van der Waals surface area contributed by atoms with Crippen molar-refractivity contribution in [2.75, 3.05) is 6.54 Å². The topological polar surface area (TPSA) is 78.8 Å². The lowest BCUT2D eigenvalue weighted by Gasteiger charge is -2.55. The summed E-state index contributed by atoms with van der Waals surface area (Å²) in [5, 5.41) is 25.3. The van der Waals surface area contributed by atoms with Gasteiger partial charge in [0.1, 0.15) is 0 Å². The molecule has 1 aromatic carbocycles. The van der Waals surface area contributed by atoms with Crippen molar-refractivity contribution in [3.05, 3.63) is 23.3 Å². The highest BCUT2D eigenvalue weighted by molar-refractivity contribution is 5.89. The first-order valence-electron chi connectivity index (χ1n) is 8.08. The van der Waals surface area contributed by atoms with Gasteiger partial charge in [0.25, 0.3) is 0 Å². The number of hydrogen-bond donors (Lipinski definition) is 3. The number of ketones is 1. The van der Waals surface area contributed by atoms with E-state index >= 15 is 0 Å². The van der Waals surface area contributed by atoms with E-state index in [1.54, 1.807) is 6.07 Å². The van der Waals surface area contributed by atoms with E-state index in [4.69, 9.17) is 4.74 Å². The van der Waals surface area contributed by atoms with Gasteiger partial charge in [0.05, 0.1) is 11.0 Å². The van der Waals surface area contributed by atoms with Crippen LogP contribution in [-0.2, 0) is 16.6 Å². The SMILES string of the molecule is O=C1CC[C@@]2(O)[C@H]3Cc4ccc(O)c5c4[C@@]2(CCCN3)[C@H]1O5. The minimum absolute atomic E-state index is 0.0498. The second-order valence-corrected chi connectivity index (χ2v) is 7.12. The molecule has 3 N–H and O–H groups in total. The number of Topliss-reactive ketones (excluding diaryl/α,β-unsaturated/α-hetero) is 1. The summed E-state index contributed by atoms with van der Waals surface area (Å²) in [5.41, 5.74) is 0.314. The van der Waals surface area contributed by atoms with E-state index in [-0.39, 0.29) is 17.6 Å². The van der Waals surface area contributed by atoms with Crippen molar-refractivity contribution >= 4 is 5.78 Å². The van der Waals surface area contributed by atoms with E-state index in [1.165, 1.54) is 0 Å². The number of phenolic OH excluding ortho intramolecular Hbond substituents is 1. The summed E-state index contributed by atoms with van der Waals surface area (Å²) in [7, 11) is 0. The fourth-order valence-corrected chi connectivity index (χ4v) is 5.42. The van der Waals surface area contributed by atoms with Gasteiger partial charge >= 0.3 is 0 Å². The van der Waals surface area contributed by atoms with Crippen LogP contribution in [0.4, 0.5) is 0 Å². The van der Waals surface area contributed by atoms with Crippen molar-refractivity contribution in [2.24, 2.45) is 0 Å². The highest BCUT2D eigenvalue weighted by Gasteiger charge is 2.71. The van der Waals surface area contributed by atoms with E-state index in [1.807, 2.05) is 6.07 Å². The quantitative estimate of drug-likeness (QED) is 0.660. The highest BCUT2D eigenvalue weighted by Crippen LogP contribution is 2.63. The van der Waals surface area contributed by atoms with E-state index in [0.29, 0.717) is 31.4 Å². The molecule has 0 amide bonds. The largest absolute Gasteiger partial charge is 0.504 e. The zero-order valence-corrected chi connectivity index (χ0v) is 12.3. The van der Waals surface area contributed by atoms with Gasteiger partial charge in [0, 0.05) is 18.0 Å². The molecule has 1 saturated carbocycles. The highest BCUT2D eigenvalue weighted by atomic mass is 16.5. The molecule has 0 aromatic heterocycles. The fraction of sp³-hybridized carbons (Fsp3) is 0.588. The molecule has 2 bridgehead atoms. The molecule has 2 aliphatic carbocycles. The van der Waals surface area contributed by atoms with Crippen LogP contribution in [0.3, 0.4) is 0 Å². The maximum Gasteiger partial charge on any atom is 0.174 e. The standard InChI is InChI=1S/C17H19NO4/c19-10-3-2-9-8-12-17(21)6-4-11(20)15-16(17,5-1-7-18-12)13(9)14(10)22-15/h2-3,12,15,18-19,21H,1,4-8H2/t12-,15+,16+,17-/m1/s1. The Hall–Kier alpha value is -1.59. The van der Waals surface area contributed by atoms with Crippen LogP contribution in [0.2, 0.25) is 0 Å². The molecule has 2 heterocycles. The van der Waals surface area contributed by atoms with Gasteiger partial charge in [-0.15, -0.1) is 0 Å². The van der Waals surface area contributed by atoms with Gasteiger partial charge in [-0.25, -0.2) is 0 Å². The Bertz CT molecular complexity index is 702. The second kappa shape index (κ2) is 3.84. The number of phenols is 1. The predicted octanol–water partition coefficient (Wildman–Crippen LogP) is 0.793. The number of carbonyl (C=O) groups excluding carboxylic acids is 1. The molecule has 1 aromatic rings. The van der Waals surface area contributed by atoms with Gasteiger partial charge < -0.3 is 20.3 Å². The second-order valence-electron chi connectivity index (χ2n) is 7.12. The summed E-state index contributed by atoms with van der Waals surface area (Å²) in [6.45, 7) is 0.838. The third-order valence-electron chi connectivity index (χ3n) is 6.31. The zero-order chi connectivity index (χ0) is 15.1. The molecule has 5 rings (SSSR count). The van der Waals surface area contributed by atoms with Gasteiger partial charge in [-0.3, -0.25) is 4.79 Å².